The molecule has 0 radical (unpaired) electrons. The van der Waals surface area contributed by atoms with Crippen molar-refractivity contribution >= 4 is 69.4 Å². The van der Waals surface area contributed by atoms with Gasteiger partial charge in [0, 0.05) is 10.6 Å². The van der Waals surface area contributed by atoms with E-state index in [2.05, 4.69) is 5.43 Å². The molecule has 0 unspecified atom stereocenters. The van der Waals surface area contributed by atoms with Gasteiger partial charge in [-0.1, -0.05) is 53.2 Å². The number of ether oxygens (including phenoxy) is 1. The number of nitrogens with zero attached hydrogens (tertiary/aromatic N) is 1. The molecule has 0 aliphatic carbocycles. The highest BCUT2D eigenvalue weighted by Crippen LogP contribution is 2.33. The van der Waals surface area contributed by atoms with Crippen LogP contribution in [0.1, 0.15) is 15.9 Å². The zero-order valence-electron chi connectivity index (χ0n) is 13.9. The van der Waals surface area contributed by atoms with Gasteiger partial charge in [0.1, 0.15) is 5.75 Å². The maximum Gasteiger partial charge on any atom is 0.285 e. The molecule has 3 rings (SSSR count). The summed E-state index contributed by atoms with van der Waals surface area (Å²) in [5.41, 5.74) is 3.40. The van der Waals surface area contributed by atoms with Crippen LogP contribution in [-0.4, -0.2) is 28.3 Å². The van der Waals surface area contributed by atoms with Gasteiger partial charge in [-0.2, -0.15) is 5.01 Å². The van der Waals surface area contributed by atoms with Crippen LogP contribution < -0.4 is 10.2 Å². The van der Waals surface area contributed by atoms with Crippen molar-refractivity contribution in [3.05, 3.63) is 68.5 Å². The fourth-order valence-electron chi connectivity index (χ4n) is 2.33. The summed E-state index contributed by atoms with van der Waals surface area (Å²) in [7, 11) is 1.55. The topological polar surface area (TPSA) is 58.6 Å². The van der Waals surface area contributed by atoms with Gasteiger partial charge in [-0.15, -0.1) is 0 Å². The zero-order chi connectivity index (χ0) is 19.6. The number of para-hydroxylation sites is 1. The Balaban J connectivity index is 1.82. The molecule has 0 bridgehead atoms. The number of hydrogen-bond donors (Lipinski definition) is 1. The first-order valence-electron chi connectivity index (χ1n) is 7.57. The molecule has 1 aliphatic rings. The third-order valence-corrected chi connectivity index (χ3v) is 5.46. The summed E-state index contributed by atoms with van der Waals surface area (Å²) in [4.78, 5) is 25.5. The van der Waals surface area contributed by atoms with Gasteiger partial charge >= 0.3 is 0 Å². The van der Waals surface area contributed by atoms with Crippen molar-refractivity contribution in [3.63, 3.8) is 0 Å². The van der Waals surface area contributed by atoms with E-state index in [-0.39, 0.29) is 14.9 Å². The molecule has 1 fully saturated rings. The van der Waals surface area contributed by atoms with E-state index in [0.29, 0.717) is 15.7 Å². The number of methoxy groups -OCH3 is 1. The number of hydrogen-bond acceptors (Lipinski definition) is 5. The van der Waals surface area contributed by atoms with Crippen molar-refractivity contribution in [2.75, 3.05) is 7.11 Å². The number of benzene rings is 2. The van der Waals surface area contributed by atoms with E-state index in [1.165, 1.54) is 18.2 Å². The lowest BCUT2D eigenvalue weighted by Crippen LogP contribution is -2.44. The van der Waals surface area contributed by atoms with Crippen molar-refractivity contribution in [3.8, 4) is 5.75 Å². The molecule has 2 aromatic carbocycles. The van der Waals surface area contributed by atoms with Crippen molar-refractivity contribution in [2.24, 2.45) is 0 Å². The highest BCUT2D eigenvalue weighted by Gasteiger charge is 2.34. The highest BCUT2D eigenvalue weighted by atomic mass is 35.5. The van der Waals surface area contributed by atoms with Crippen molar-refractivity contribution < 1.29 is 14.3 Å². The Morgan fingerprint density at radius 1 is 1.26 bits per heavy atom. The van der Waals surface area contributed by atoms with Gasteiger partial charge in [-0.25, -0.2) is 0 Å². The zero-order valence-corrected chi connectivity index (χ0v) is 17.0. The lowest BCUT2D eigenvalue weighted by atomic mass is 10.2. The van der Waals surface area contributed by atoms with Crippen molar-refractivity contribution in [1.29, 1.82) is 0 Å². The molecule has 0 atom stereocenters. The molecule has 1 aliphatic heterocycles. The number of rotatable bonds is 4. The molecule has 5 nitrogen and oxygen atoms in total. The molecule has 0 saturated carbocycles. The SMILES string of the molecule is COc1ccccc1C=C1SC(=S)N(NC(=O)c2ccc(Cl)cc2Cl)C1=O. The van der Waals surface area contributed by atoms with Gasteiger partial charge in [0.15, 0.2) is 4.32 Å². The van der Waals surface area contributed by atoms with Crippen molar-refractivity contribution in [1.82, 2.24) is 10.4 Å². The summed E-state index contributed by atoms with van der Waals surface area (Å²) >= 11 is 18.2. The van der Waals surface area contributed by atoms with Crippen LogP contribution in [-0.2, 0) is 4.79 Å². The molecular weight excluding hydrogens is 427 g/mol. The summed E-state index contributed by atoms with van der Waals surface area (Å²) in [6.07, 6.45) is 1.67. The fraction of sp³-hybridized carbons (Fsp3) is 0.0556. The van der Waals surface area contributed by atoms with Crippen LogP contribution in [0.4, 0.5) is 0 Å². The Bertz CT molecular complexity index is 979. The first-order chi connectivity index (χ1) is 12.9. The third kappa shape index (κ3) is 4.27. The normalized spacial score (nSPS) is 15.4. The average Bonchev–Trinajstić information content (AvgIpc) is 2.89. The molecule has 2 aromatic rings. The Hall–Kier alpha value is -2.06. The van der Waals surface area contributed by atoms with Gasteiger partial charge in [0.2, 0.25) is 0 Å². The van der Waals surface area contributed by atoms with Crippen LogP contribution in [0.25, 0.3) is 6.08 Å². The summed E-state index contributed by atoms with van der Waals surface area (Å²) in [6.45, 7) is 0. The largest absolute Gasteiger partial charge is 0.496 e. The number of amides is 2. The van der Waals surface area contributed by atoms with Crippen LogP contribution in [0, 0.1) is 0 Å². The number of carbonyl (C=O) groups is 2. The number of thioether (sulfide) groups is 1. The van der Waals surface area contributed by atoms with E-state index in [9.17, 15) is 9.59 Å². The first kappa shape index (κ1) is 19.7. The Labute approximate surface area is 175 Å². The lowest BCUT2D eigenvalue weighted by Gasteiger charge is -2.16. The van der Waals surface area contributed by atoms with E-state index in [0.717, 1.165) is 22.3 Å². The molecule has 1 saturated heterocycles. The van der Waals surface area contributed by atoms with Gasteiger partial charge in [0.25, 0.3) is 11.8 Å². The second-order valence-corrected chi connectivity index (χ2v) is 7.84. The molecule has 1 N–H and O–H groups in total. The smallest absolute Gasteiger partial charge is 0.285 e. The van der Waals surface area contributed by atoms with Crippen LogP contribution in [0.15, 0.2) is 47.4 Å². The number of halogens is 2. The van der Waals surface area contributed by atoms with Crippen LogP contribution in [0.5, 0.6) is 5.75 Å². The van der Waals surface area contributed by atoms with Gasteiger partial charge in [-0.3, -0.25) is 15.0 Å². The van der Waals surface area contributed by atoms with E-state index < -0.39 is 11.8 Å². The average molecular weight is 439 g/mol. The van der Waals surface area contributed by atoms with Crippen LogP contribution in [0.3, 0.4) is 0 Å². The molecular formula is C18H12Cl2N2O3S2. The minimum absolute atomic E-state index is 0.176. The summed E-state index contributed by atoms with van der Waals surface area (Å²) < 4.78 is 5.49. The number of nitrogens with one attached hydrogen (secondary N) is 1. The second kappa shape index (κ2) is 8.31. The summed E-state index contributed by atoms with van der Waals surface area (Å²) in [5.74, 6) is -0.374. The monoisotopic (exact) mass is 438 g/mol. The van der Waals surface area contributed by atoms with Crippen LogP contribution >= 0.6 is 47.2 Å². The minimum Gasteiger partial charge on any atom is -0.496 e. The maximum absolute atomic E-state index is 12.7. The fourth-order valence-corrected chi connectivity index (χ4v) is 3.99. The third-order valence-electron chi connectivity index (χ3n) is 3.61. The lowest BCUT2D eigenvalue weighted by molar-refractivity contribution is -0.123. The molecule has 1 heterocycles. The Morgan fingerprint density at radius 3 is 2.70 bits per heavy atom. The number of thiocarbonyl (C=S) groups is 1. The van der Waals surface area contributed by atoms with E-state index in [1.54, 1.807) is 19.3 Å². The molecule has 0 aromatic heterocycles. The molecule has 27 heavy (non-hydrogen) atoms. The second-order valence-electron chi connectivity index (χ2n) is 5.32. The summed E-state index contributed by atoms with van der Waals surface area (Å²) in [6, 6.07) is 11.7. The highest BCUT2D eigenvalue weighted by molar-refractivity contribution is 8.26. The predicted octanol–water partition coefficient (Wildman–Crippen LogP) is 4.55. The number of carbonyl (C=O) groups excluding carboxylic acids is 2. The molecule has 138 valence electrons. The van der Waals surface area contributed by atoms with Gasteiger partial charge in [-0.05, 0) is 42.6 Å². The van der Waals surface area contributed by atoms with E-state index in [1.807, 2.05) is 18.2 Å². The molecule has 9 heteroatoms. The maximum atomic E-state index is 12.7. The minimum atomic E-state index is -0.563. The standard InChI is InChI=1S/C18H12Cl2N2O3S2/c1-25-14-5-3-2-4-10(14)8-15-17(24)22(18(26)27-15)21-16(23)12-7-6-11(19)9-13(12)20/h2-9H,1H3,(H,21,23). The molecule has 0 spiro atoms. The Morgan fingerprint density at radius 2 is 2.00 bits per heavy atom. The van der Waals surface area contributed by atoms with Crippen LogP contribution in [0.2, 0.25) is 10.0 Å². The Kier molecular flexibility index (Phi) is 6.06. The van der Waals surface area contributed by atoms with Gasteiger partial charge < -0.3 is 4.74 Å². The summed E-state index contributed by atoms with van der Waals surface area (Å²) in [5, 5.41) is 1.60. The number of hydrazine groups is 1. The molecule has 2 amide bonds. The first-order valence-corrected chi connectivity index (χ1v) is 9.56. The van der Waals surface area contributed by atoms with E-state index >= 15 is 0 Å². The van der Waals surface area contributed by atoms with Gasteiger partial charge in [0.05, 0.1) is 22.6 Å². The predicted molar refractivity (Wildman–Crippen MR) is 112 cm³/mol. The van der Waals surface area contributed by atoms with Crippen molar-refractivity contribution in [2.45, 2.75) is 0 Å². The van der Waals surface area contributed by atoms with E-state index in [4.69, 9.17) is 40.2 Å². The quantitative estimate of drug-likeness (QED) is 0.560.